The predicted molar refractivity (Wildman–Crippen MR) is 67.3 cm³/mol. The van der Waals surface area contributed by atoms with E-state index in [0.29, 0.717) is 4.77 Å². The van der Waals surface area contributed by atoms with Gasteiger partial charge in [0.2, 0.25) is 4.77 Å². The number of benzene rings is 1. The van der Waals surface area contributed by atoms with Crippen LogP contribution in [0.25, 0.3) is 5.69 Å². The van der Waals surface area contributed by atoms with Crippen molar-refractivity contribution in [3.63, 3.8) is 0 Å². The van der Waals surface area contributed by atoms with Crippen LogP contribution in [0.3, 0.4) is 0 Å². The van der Waals surface area contributed by atoms with E-state index in [2.05, 4.69) is 34.6 Å². The van der Waals surface area contributed by atoms with Crippen molar-refractivity contribution in [2.24, 2.45) is 0 Å². The number of hydrogen-bond acceptors (Lipinski definition) is 3. The molecule has 16 heavy (non-hydrogen) atoms. The van der Waals surface area contributed by atoms with Crippen LogP contribution in [0.4, 0.5) is 0 Å². The first-order valence-electron chi connectivity index (χ1n) is 5.40. The molecule has 1 aromatic heterocycles. The standard InChI is InChI=1S/C9H10N4S.C2H6/c1-2-7-3-5-8(6-4-7)13-9(14)10-11-12-13;1-2/h3-6H,2H2,1H3,(H,10,12,14);1-2H3. The normalized spacial score (nSPS) is 9.44. The van der Waals surface area contributed by atoms with Gasteiger partial charge in [-0.05, 0) is 36.3 Å². The molecule has 0 spiro atoms. The molecule has 0 amide bonds. The number of nitrogens with one attached hydrogen (secondary N) is 1. The highest BCUT2D eigenvalue weighted by atomic mass is 32.1. The van der Waals surface area contributed by atoms with Crippen LogP contribution in [0.15, 0.2) is 24.3 Å². The van der Waals surface area contributed by atoms with Gasteiger partial charge >= 0.3 is 0 Å². The summed E-state index contributed by atoms with van der Waals surface area (Å²) in [5, 5.41) is 10.0. The van der Waals surface area contributed by atoms with E-state index in [1.165, 1.54) is 5.56 Å². The second kappa shape index (κ2) is 6.17. The van der Waals surface area contributed by atoms with E-state index < -0.39 is 0 Å². The highest BCUT2D eigenvalue weighted by Crippen LogP contribution is 2.08. The minimum atomic E-state index is 0.439. The molecule has 1 heterocycles. The quantitative estimate of drug-likeness (QED) is 0.815. The zero-order chi connectivity index (χ0) is 12.0. The van der Waals surface area contributed by atoms with Gasteiger partial charge in [-0.15, -0.1) is 0 Å². The van der Waals surface area contributed by atoms with Crippen LogP contribution in [0.1, 0.15) is 26.3 Å². The molecule has 0 bridgehead atoms. The Hall–Kier alpha value is -1.49. The number of aromatic amines is 1. The highest BCUT2D eigenvalue weighted by Gasteiger charge is 1.98. The second-order valence-corrected chi connectivity index (χ2v) is 3.30. The van der Waals surface area contributed by atoms with Gasteiger partial charge in [-0.1, -0.05) is 43.2 Å². The zero-order valence-corrected chi connectivity index (χ0v) is 10.6. The molecule has 5 heteroatoms. The van der Waals surface area contributed by atoms with Crippen LogP contribution in [0.2, 0.25) is 0 Å². The number of aryl methyl sites for hydroxylation is 1. The van der Waals surface area contributed by atoms with E-state index in [-0.39, 0.29) is 0 Å². The predicted octanol–water partition coefficient (Wildman–Crippen LogP) is 2.91. The zero-order valence-electron chi connectivity index (χ0n) is 9.77. The van der Waals surface area contributed by atoms with E-state index in [1.807, 2.05) is 26.0 Å². The molecule has 0 radical (unpaired) electrons. The van der Waals surface area contributed by atoms with Gasteiger partial charge < -0.3 is 0 Å². The summed E-state index contributed by atoms with van der Waals surface area (Å²) in [7, 11) is 0. The first kappa shape index (κ1) is 12.6. The van der Waals surface area contributed by atoms with Crippen LogP contribution < -0.4 is 0 Å². The monoisotopic (exact) mass is 236 g/mol. The van der Waals surface area contributed by atoms with E-state index in [1.54, 1.807) is 4.68 Å². The maximum atomic E-state index is 4.99. The Balaban J connectivity index is 0.000000606. The molecular formula is C11H16N4S. The summed E-state index contributed by atoms with van der Waals surface area (Å²) < 4.78 is 2.10. The van der Waals surface area contributed by atoms with Crippen molar-refractivity contribution < 1.29 is 0 Å². The molecule has 0 aliphatic carbocycles. The molecule has 0 fully saturated rings. The topological polar surface area (TPSA) is 46.5 Å². The van der Waals surface area contributed by atoms with Gasteiger partial charge in [-0.25, -0.2) is 4.68 Å². The highest BCUT2D eigenvalue weighted by molar-refractivity contribution is 7.71. The lowest BCUT2D eigenvalue weighted by Crippen LogP contribution is -1.96. The summed E-state index contributed by atoms with van der Waals surface area (Å²) in [4.78, 5) is 0. The summed E-state index contributed by atoms with van der Waals surface area (Å²) in [6, 6.07) is 8.12. The molecule has 0 atom stereocenters. The number of hydrogen-bond donors (Lipinski definition) is 1. The van der Waals surface area contributed by atoms with Crippen LogP contribution in [-0.4, -0.2) is 20.2 Å². The first-order valence-corrected chi connectivity index (χ1v) is 5.81. The summed E-state index contributed by atoms with van der Waals surface area (Å²) in [5.41, 5.74) is 2.25. The van der Waals surface area contributed by atoms with E-state index in [0.717, 1.165) is 12.1 Å². The fourth-order valence-electron chi connectivity index (χ4n) is 1.25. The number of aromatic nitrogens is 4. The largest absolute Gasteiger partial charge is 0.242 e. The van der Waals surface area contributed by atoms with Gasteiger partial charge in [0.05, 0.1) is 5.69 Å². The Morgan fingerprint density at radius 3 is 2.31 bits per heavy atom. The molecule has 0 saturated carbocycles. The van der Waals surface area contributed by atoms with Gasteiger partial charge in [0.25, 0.3) is 0 Å². The minimum absolute atomic E-state index is 0.439. The number of rotatable bonds is 2. The summed E-state index contributed by atoms with van der Waals surface area (Å²) >= 11 is 4.99. The number of H-pyrrole nitrogens is 1. The summed E-state index contributed by atoms with van der Waals surface area (Å²) in [6.45, 7) is 6.12. The van der Waals surface area contributed by atoms with Crippen LogP contribution in [-0.2, 0) is 6.42 Å². The average molecular weight is 236 g/mol. The molecule has 1 aromatic carbocycles. The van der Waals surface area contributed by atoms with Gasteiger partial charge in [0, 0.05) is 0 Å². The molecule has 0 aliphatic heterocycles. The fraction of sp³-hybridized carbons (Fsp3) is 0.364. The molecular weight excluding hydrogens is 220 g/mol. The molecule has 1 N–H and O–H groups in total. The van der Waals surface area contributed by atoms with Crippen molar-refractivity contribution in [3.8, 4) is 5.69 Å². The van der Waals surface area contributed by atoms with Gasteiger partial charge in [0.15, 0.2) is 0 Å². The third kappa shape index (κ3) is 2.76. The maximum absolute atomic E-state index is 4.99. The van der Waals surface area contributed by atoms with E-state index in [9.17, 15) is 0 Å². The lowest BCUT2D eigenvalue weighted by molar-refractivity contribution is 0.785. The van der Waals surface area contributed by atoms with Crippen LogP contribution in [0.5, 0.6) is 0 Å². The maximum Gasteiger partial charge on any atom is 0.242 e. The Morgan fingerprint density at radius 2 is 1.88 bits per heavy atom. The minimum Gasteiger partial charge on any atom is -0.210 e. The van der Waals surface area contributed by atoms with Crippen molar-refractivity contribution in [2.75, 3.05) is 0 Å². The van der Waals surface area contributed by atoms with Crippen molar-refractivity contribution in [2.45, 2.75) is 27.2 Å². The number of tetrazole rings is 1. The third-order valence-corrected chi connectivity index (χ3v) is 2.34. The van der Waals surface area contributed by atoms with Crippen molar-refractivity contribution >= 4 is 12.2 Å². The van der Waals surface area contributed by atoms with Gasteiger partial charge in [-0.2, -0.15) is 5.21 Å². The molecule has 2 rings (SSSR count). The lowest BCUT2D eigenvalue weighted by Gasteiger charge is -2.01. The SMILES string of the molecule is CC.CCc1ccc(-n2[nH]nnc2=S)cc1. The third-order valence-electron chi connectivity index (χ3n) is 2.07. The molecule has 0 saturated heterocycles. The molecule has 0 aliphatic rings. The average Bonchev–Trinajstić information content (AvgIpc) is 2.78. The Labute approximate surface area is 100 Å². The Bertz CT molecular complexity index is 469. The second-order valence-electron chi connectivity index (χ2n) is 2.94. The first-order chi connectivity index (χ1) is 7.81. The smallest absolute Gasteiger partial charge is 0.210 e. The number of nitrogens with zero attached hydrogens (tertiary/aromatic N) is 3. The van der Waals surface area contributed by atoms with E-state index >= 15 is 0 Å². The van der Waals surface area contributed by atoms with E-state index in [4.69, 9.17) is 12.2 Å². The van der Waals surface area contributed by atoms with Crippen molar-refractivity contribution in [3.05, 3.63) is 34.6 Å². The lowest BCUT2D eigenvalue weighted by atomic mass is 10.1. The Kier molecular flexibility index (Phi) is 4.85. The molecule has 4 nitrogen and oxygen atoms in total. The molecule has 86 valence electrons. The van der Waals surface area contributed by atoms with Crippen molar-refractivity contribution in [1.29, 1.82) is 0 Å². The molecule has 2 aromatic rings. The van der Waals surface area contributed by atoms with Crippen LogP contribution >= 0.6 is 12.2 Å². The summed E-state index contributed by atoms with van der Waals surface area (Å²) in [6.07, 6.45) is 1.03. The van der Waals surface area contributed by atoms with Crippen molar-refractivity contribution in [1.82, 2.24) is 20.2 Å². The fourth-order valence-corrected chi connectivity index (χ4v) is 1.43. The molecule has 0 unspecified atom stereocenters. The summed E-state index contributed by atoms with van der Waals surface area (Å²) in [5.74, 6) is 0. The van der Waals surface area contributed by atoms with Gasteiger partial charge in [0.1, 0.15) is 0 Å². The Morgan fingerprint density at radius 1 is 1.25 bits per heavy atom. The van der Waals surface area contributed by atoms with Gasteiger partial charge in [-0.3, -0.25) is 0 Å². The van der Waals surface area contributed by atoms with Crippen LogP contribution in [0, 0.1) is 4.77 Å².